The minimum absolute atomic E-state index is 0.183. The third-order valence-electron chi connectivity index (χ3n) is 3.70. The number of thiophene rings is 1. The lowest BCUT2D eigenvalue weighted by molar-refractivity contribution is -0.130. The first kappa shape index (κ1) is 14.8. The molecule has 0 aliphatic carbocycles. The van der Waals surface area contributed by atoms with Gasteiger partial charge < -0.3 is 19.2 Å². The van der Waals surface area contributed by atoms with Crippen LogP contribution in [0.1, 0.15) is 4.88 Å². The molecule has 6 heteroatoms. The molecule has 1 atom stereocenters. The maximum atomic E-state index is 12.3. The molecule has 0 saturated carbocycles. The topological polar surface area (TPSA) is 60.7 Å². The number of carbonyl (C=O) groups is 1. The summed E-state index contributed by atoms with van der Waals surface area (Å²) >= 11 is 1.58. The van der Waals surface area contributed by atoms with Crippen molar-refractivity contribution in [3.05, 3.63) is 59.0 Å². The highest BCUT2D eigenvalue weighted by Gasteiger charge is 2.27. The molecule has 0 spiro atoms. The lowest BCUT2D eigenvalue weighted by Crippen LogP contribution is -2.43. The molecule has 1 amide bonds. The van der Waals surface area contributed by atoms with Crippen molar-refractivity contribution in [1.29, 1.82) is 0 Å². The van der Waals surface area contributed by atoms with E-state index in [1.54, 1.807) is 23.7 Å². The summed E-state index contributed by atoms with van der Waals surface area (Å²) in [6, 6.07) is 13.1. The zero-order chi connectivity index (χ0) is 16.4. The van der Waals surface area contributed by atoms with Gasteiger partial charge in [0.15, 0.2) is 11.5 Å². The summed E-state index contributed by atoms with van der Waals surface area (Å²) in [6.45, 7) is 0.663. The predicted octanol–water partition coefficient (Wildman–Crippen LogP) is 3.46. The predicted molar refractivity (Wildman–Crippen MR) is 90.2 cm³/mol. The van der Waals surface area contributed by atoms with Gasteiger partial charge in [0.2, 0.25) is 6.10 Å². The van der Waals surface area contributed by atoms with E-state index in [-0.39, 0.29) is 12.5 Å². The SMILES string of the molecule is O=C(NCc1cc(-c2ccco2)cs1)C1COc2ccccc2O1. The van der Waals surface area contributed by atoms with Crippen LogP contribution in [0.15, 0.2) is 58.5 Å². The van der Waals surface area contributed by atoms with Crippen molar-refractivity contribution in [1.82, 2.24) is 5.32 Å². The second-order valence-corrected chi connectivity index (χ2v) is 6.36. The Morgan fingerprint density at radius 2 is 2.08 bits per heavy atom. The first-order valence-electron chi connectivity index (χ1n) is 7.57. The van der Waals surface area contributed by atoms with Gasteiger partial charge in [0.25, 0.3) is 5.91 Å². The summed E-state index contributed by atoms with van der Waals surface area (Å²) < 4.78 is 16.6. The lowest BCUT2D eigenvalue weighted by Gasteiger charge is -2.25. The number of benzene rings is 1. The monoisotopic (exact) mass is 341 g/mol. The summed E-state index contributed by atoms with van der Waals surface area (Å²) in [4.78, 5) is 13.3. The maximum absolute atomic E-state index is 12.3. The smallest absolute Gasteiger partial charge is 0.264 e. The van der Waals surface area contributed by atoms with Gasteiger partial charge in [0, 0.05) is 15.8 Å². The van der Waals surface area contributed by atoms with Gasteiger partial charge in [-0.3, -0.25) is 4.79 Å². The van der Waals surface area contributed by atoms with Crippen molar-refractivity contribution >= 4 is 17.2 Å². The Labute approximate surface area is 142 Å². The van der Waals surface area contributed by atoms with Crippen molar-refractivity contribution in [2.45, 2.75) is 12.6 Å². The third-order valence-corrected chi connectivity index (χ3v) is 4.63. The molecule has 1 N–H and O–H groups in total. The quantitative estimate of drug-likeness (QED) is 0.789. The number of amides is 1. The number of hydrogen-bond acceptors (Lipinski definition) is 5. The number of ether oxygens (including phenoxy) is 2. The molecular weight excluding hydrogens is 326 g/mol. The van der Waals surface area contributed by atoms with E-state index in [1.165, 1.54) is 0 Å². The summed E-state index contributed by atoms with van der Waals surface area (Å²) in [5, 5.41) is 4.90. The van der Waals surface area contributed by atoms with Crippen LogP contribution in [-0.2, 0) is 11.3 Å². The Hall–Kier alpha value is -2.73. The molecule has 0 bridgehead atoms. The highest BCUT2D eigenvalue weighted by Crippen LogP contribution is 2.31. The highest BCUT2D eigenvalue weighted by atomic mass is 32.1. The molecule has 3 heterocycles. The lowest BCUT2D eigenvalue weighted by atomic mass is 10.2. The van der Waals surface area contributed by atoms with Crippen LogP contribution in [0.2, 0.25) is 0 Å². The molecule has 4 rings (SSSR count). The fourth-order valence-corrected chi connectivity index (χ4v) is 3.30. The van der Waals surface area contributed by atoms with Crippen LogP contribution in [0, 0.1) is 0 Å². The number of para-hydroxylation sites is 2. The van der Waals surface area contributed by atoms with E-state index in [4.69, 9.17) is 13.9 Å². The Bertz CT molecular complexity index is 840. The average Bonchev–Trinajstić information content (AvgIpc) is 3.30. The average molecular weight is 341 g/mol. The minimum atomic E-state index is -0.635. The fourth-order valence-electron chi connectivity index (χ4n) is 2.48. The number of hydrogen-bond donors (Lipinski definition) is 1. The zero-order valence-corrected chi connectivity index (χ0v) is 13.5. The highest BCUT2D eigenvalue weighted by molar-refractivity contribution is 7.10. The summed E-state index contributed by atoms with van der Waals surface area (Å²) in [6.07, 6.45) is 1.01. The molecule has 1 aliphatic rings. The van der Waals surface area contributed by atoms with Gasteiger partial charge in [-0.25, -0.2) is 0 Å². The number of nitrogens with one attached hydrogen (secondary N) is 1. The van der Waals surface area contributed by atoms with Crippen molar-refractivity contribution in [3.63, 3.8) is 0 Å². The van der Waals surface area contributed by atoms with Crippen LogP contribution < -0.4 is 14.8 Å². The number of furan rings is 1. The Balaban J connectivity index is 1.36. The van der Waals surface area contributed by atoms with Crippen LogP contribution in [0.25, 0.3) is 11.3 Å². The van der Waals surface area contributed by atoms with Gasteiger partial charge in [-0.05, 0) is 30.3 Å². The minimum Gasteiger partial charge on any atom is -0.485 e. The first-order valence-corrected chi connectivity index (χ1v) is 8.45. The zero-order valence-electron chi connectivity index (χ0n) is 12.7. The Kier molecular flexibility index (Phi) is 3.96. The van der Waals surface area contributed by atoms with Gasteiger partial charge in [0.05, 0.1) is 12.8 Å². The molecule has 0 saturated heterocycles. The van der Waals surface area contributed by atoms with E-state index in [2.05, 4.69) is 5.32 Å². The van der Waals surface area contributed by atoms with Crippen LogP contribution >= 0.6 is 11.3 Å². The molecule has 1 aromatic carbocycles. The molecule has 122 valence electrons. The van der Waals surface area contributed by atoms with E-state index in [9.17, 15) is 4.79 Å². The molecule has 1 unspecified atom stereocenters. The van der Waals surface area contributed by atoms with E-state index < -0.39 is 6.10 Å². The van der Waals surface area contributed by atoms with Crippen molar-refractivity contribution < 1.29 is 18.7 Å². The summed E-state index contributed by atoms with van der Waals surface area (Å²) in [5.74, 6) is 1.91. The van der Waals surface area contributed by atoms with Gasteiger partial charge in [-0.1, -0.05) is 12.1 Å². The van der Waals surface area contributed by atoms with E-state index in [0.717, 1.165) is 16.2 Å². The standard InChI is InChI=1S/C18H15NO4S/c20-18(17-10-22-15-4-1-2-5-16(15)23-17)19-9-13-8-12(11-24-13)14-6-3-7-21-14/h1-8,11,17H,9-10H2,(H,19,20). The Morgan fingerprint density at radius 1 is 1.21 bits per heavy atom. The van der Waals surface area contributed by atoms with Gasteiger partial charge in [-0.2, -0.15) is 0 Å². The fraction of sp³-hybridized carbons (Fsp3) is 0.167. The van der Waals surface area contributed by atoms with Crippen LogP contribution in [0.4, 0.5) is 0 Å². The summed E-state index contributed by atoms with van der Waals surface area (Å²) in [5.41, 5.74) is 1.01. The van der Waals surface area contributed by atoms with Gasteiger partial charge in [-0.15, -0.1) is 11.3 Å². The molecule has 1 aliphatic heterocycles. The number of rotatable bonds is 4. The van der Waals surface area contributed by atoms with Crippen LogP contribution in [0.3, 0.4) is 0 Å². The maximum Gasteiger partial charge on any atom is 0.264 e. The molecule has 0 fully saturated rings. The number of carbonyl (C=O) groups excluding carboxylic acids is 1. The largest absolute Gasteiger partial charge is 0.485 e. The second-order valence-electron chi connectivity index (χ2n) is 5.36. The normalized spacial score (nSPS) is 15.9. The van der Waals surface area contributed by atoms with E-state index in [0.29, 0.717) is 18.0 Å². The van der Waals surface area contributed by atoms with Crippen molar-refractivity contribution in [2.24, 2.45) is 0 Å². The van der Waals surface area contributed by atoms with Crippen LogP contribution in [0.5, 0.6) is 11.5 Å². The molecule has 5 nitrogen and oxygen atoms in total. The first-order chi connectivity index (χ1) is 11.8. The molecule has 24 heavy (non-hydrogen) atoms. The van der Waals surface area contributed by atoms with Crippen molar-refractivity contribution in [2.75, 3.05) is 6.61 Å². The Morgan fingerprint density at radius 3 is 2.92 bits per heavy atom. The second kappa shape index (κ2) is 6.41. The molecule has 3 aromatic rings. The van der Waals surface area contributed by atoms with Gasteiger partial charge in [0.1, 0.15) is 12.4 Å². The third kappa shape index (κ3) is 3.00. The number of fused-ring (bicyclic) bond motifs is 1. The summed E-state index contributed by atoms with van der Waals surface area (Å²) in [7, 11) is 0. The van der Waals surface area contributed by atoms with Crippen molar-refractivity contribution in [3.8, 4) is 22.8 Å². The molecule has 0 radical (unpaired) electrons. The molecule has 2 aromatic heterocycles. The van der Waals surface area contributed by atoms with E-state index >= 15 is 0 Å². The van der Waals surface area contributed by atoms with E-state index in [1.807, 2.05) is 41.8 Å². The van der Waals surface area contributed by atoms with Crippen LogP contribution in [-0.4, -0.2) is 18.6 Å². The molecular formula is C18H15NO4S. The van der Waals surface area contributed by atoms with Gasteiger partial charge >= 0.3 is 0 Å².